The van der Waals surface area contributed by atoms with Crippen LogP contribution in [0.1, 0.15) is 56.1 Å². The summed E-state index contributed by atoms with van der Waals surface area (Å²) in [6.07, 6.45) is 9.22. The average Bonchev–Trinajstić information content (AvgIpc) is 2.81. The van der Waals surface area contributed by atoms with Gasteiger partial charge in [-0.3, -0.25) is 0 Å². The molecule has 1 heterocycles. The summed E-state index contributed by atoms with van der Waals surface area (Å²) in [6, 6.07) is 17.2. The second-order valence-electron chi connectivity index (χ2n) is 8.72. The van der Waals surface area contributed by atoms with Gasteiger partial charge in [0.15, 0.2) is 11.5 Å². The summed E-state index contributed by atoms with van der Waals surface area (Å²) in [4.78, 5) is 2.65. The van der Waals surface area contributed by atoms with Gasteiger partial charge in [0.25, 0.3) is 0 Å². The predicted molar refractivity (Wildman–Crippen MR) is 130 cm³/mol. The molecule has 1 saturated heterocycles. The highest BCUT2D eigenvalue weighted by molar-refractivity contribution is 5.43. The summed E-state index contributed by atoms with van der Waals surface area (Å²) >= 11 is 0. The van der Waals surface area contributed by atoms with E-state index in [2.05, 4.69) is 60.9 Å². The predicted octanol–water partition coefficient (Wildman–Crippen LogP) is 6.49. The van der Waals surface area contributed by atoms with Gasteiger partial charge in [-0.2, -0.15) is 0 Å². The van der Waals surface area contributed by atoms with E-state index in [4.69, 9.17) is 9.47 Å². The normalized spacial score (nSPS) is 19.2. The zero-order valence-electron chi connectivity index (χ0n) is 19.4. The van der Waals surface area contributed by atoms with E-state index in [1.807, 2.05) is 12.1 Å². The Hall–Kier alpha value is -2.26. The van der Waals surface area contributed by atoms with Crippen molar-refractivity contribution in [1.29, 1.82) is 0 Å². The van der Waals surface area contributed by atoms with Crippen molar-refractivity contribution in [3.63, 3.8) is 0 Å². The van der Waals surface area contributed by atoms with Crippen LogP contribution in [0.3, 0.4) is 0 Å². The fourth-order valence-corrected chi connectivity index (χ4v) is 4.70. The molecule has 31 heavy (non-hydrogen) atoms. The molecule has 0 radical (unpaired) electrons. The lowest BCUT2D eigenvalue weighted by Gasteiger charge is -2.39. The third kappa shape index (κ3) is 6.87. The third-order valence-corrected chi connectivity index (χ3v) is 6.43. The fourth-order valence-electron chi connectivity index (χ4n) is 4.70. The number of hydrogen-bond donors (Lipinski definition) is 0. The number of methoxy groups -OCH3 is 1. The first-order chi connectivity index (χ1) is 15.2. The van der Waals surface area contributed by atoms with Crippen LogP contribution < -0.4 is 9.47 Å². The molecule has 0 saturated carbocycles. The summed E-state index contributed by atoms with van der Waals surface area (Å²) in [7, 11) is 1.71. The Morgan fingerprint density at radius 1 is 1.06 bits per heavy atom. The van der Waals surface area contributed by atoms with Gasteiger partial charge in [0, 0.05) is 12.5 Å². The number of piperidine rings is 1. The molecule has 1 aliphatic heterocycles. The Kier molecular flexibility index (Phi) is 9.48. The minimum atomic E-state index is 0.472. The summed E-state index contributed by atoms with van der Waals surface area (Å²) in [6.45, 7) is 10.3. The minimum Gasteiger partial charge on any atom is -0.493 e. The lowest BCUT2D eigenvalue weighted by molar-refractivity contribution is 0.108. The van der Waals surface area contributed by atoms with Crippen molar-refractivity contribution in [1.82, 2.24) is 4.90 Å². The molecule has 0 amide bonds. The number of ether oxygens (including phenoxy) is 2. The Bertz CT molecular complexity index is 789. The Morgan fingerprint density at radius 2 is 1.90 bits per heavy atom. The SMILES string of the molecule is C=CCc1ccc(OCC2CN(CCCCCC)CCC2c2ccccc2)c(OC)c1. The molecular formula is C28H39NO2. The topological polar surface area (TPSA) is 21.7 Å². The Morgan fingerprint density at radius 3 is 2.65 bits per heavy atom. The number of likely N-dealkylation sites (tertiary alicyclic amines) is 1. The van der Waals surface area contributed by atoms with E-state index < -0.39 is 0 Å². The Labute approximate surface area is 189 Å². The van der Waals surface area contributed by atoms with Crippen LogP contribution in [0.15, 0.2) is 61.2 Å². The van der Waals surface area contributed by atoms with Gasteiger partial charge in [0.1, 0.15) is 0 Å². The number of hydrogen-bond acceptors (Lipinski definition) is 3. The van der Waals surface area contributed by atoms with E-state index in [0.717, 1.165) is 24.5 Å². The molecule has 0 aliphatic carbocycles. The third-order valence-electron chi connectivity index (χ3n) is 6.43. The number of unbranched alkanes of at least 4 members (excludes halogenated alkanes) is 3. The van der Waals surface area contributed by atoms with Crippen LogP contribution in [0.25, 0.3) is 0 Å². The monoisotopic (exact) mass is 421 g/mol. The van der Waals surface area contributed by atoms with Crippen molar-refractivity contribution in [2.24, 2.45) is 5.92 Å². The smallest absolute Gasteiger partial charge is 0.161 e. The zero-order chi connectivity index (χ0) is 21.9. The number of nitrogens with zero attached hydrogens (tertiary/aromatic N) is 1. The molecule has 1 fully saturated rings. The molecule has 1 aliphatic rings. The van der Waals surface area contributed by atoms with Crippen LogP contribution in [0.5, 0.6) is 11.5 Å². The second-order valence-corrected chi connectivity index (χ2v) is 8.72. The summed E-state index contributed by atoms with van der Waals surface area (Å²) < 4.78 is 12.0. The fraction of sp³-hybridized carbons (Fsp3) is 0.500. The maximum atomic E-state index is 6.37. The second kappa shape index (κ2) is 12.6. The summed E-state index contributed by atoms with van der Waals surface area (Å²) in [5.74, 6) is 2.66. The molecule has 2 atom stereocenters. The van der Waals surface area contributed by atoms with Gasteiger partial charge < -0.3 is 14.4 Å². The molecular weight excluding hydrogens is 382 g/mol. The van der Waals surface area contributed by atoms with Crippen molar-refractivity contribution < 1.29 is 9.47 Å². The van der Waals surface area contributed by atoms with Crippen LogP contribution >= 0.6 is 0 Å². The molecule has 0 bridgehead atoms. The van der Waals surface area contributed by atoms with Gasteiger partial charge in [-0.25, -0.2) is 0 Å². The van der Waals surface area contributed by atoms with Gasteiger partial charge in [-0.1, -0.05) is 68.7 Å². The standard InChI is InChI=1S/C28H39NO2/c1-4-6-7-11-18-29-19-17-26(24-13-9-8-10-14-24)25(21-29)22-31-27-16-15-23(12-5-2)20-28(27)30-3/h5,8-10,13-16,20,25-26H,2,4,6-7,11-12,17-19,21-22H2,1,3H3. The minimum absolute atomic E-state index is 0.472. The van der Waals surface area contributed by atoms with E-state index in [0.29, 0.717) is 18.4 Å². The highest BCUT2D eigenvalue weighted by Crippen LogP contribution is 2.35. The maximum Gasteiger partial charge on any atom is 0.161 e. The van der Waals surface area contributed by atoms with Crippen molar-refractivity contribution in [3.05, 3.63) is 72.3 Å². The molecule has 2 aromatic carbocycles. The molecule has 2 aromatic rings. The van der Waals surface area contributed by atoms with Gasteiger partial charge in [-0.15, -0.1) is 6.58 Å². The number of allylic oxidation sites excluding steroid dienone is 1. The highest BCUT2D eigenvalue weighted by Gasteiger charge is 2.31. The zero-order valence-corrected chi connectivity index (χ0v) is 19.4. The van der Waals surface area contributed by atoms with Gasteiger partial charge >= 0.3 is 0 Å². The quantitative estimate of drug-likeness (QED) is 0.289. The van der Waals surface area contributed by atoms with Crippen LogP contribution in [-0.4, -0.2) is 38.3 Å². The molecule has 168 valence electrons. The molecule has 0 spiro atoms. The van der Waals surface area contributed by atoms with Gasteiger partial charge in [0.05, 0.1) is 13.7 Å². The van der Waals surface area contributed by atoms with E-state index in [-0.39, 0.29) is 0 Å². The number of rotatable bonds is 12. The molecule has 2 unspecified atom stereocenters. The van der Waals surface area contributed by atoms with E-state index in [1.54, 1.807) is 7.11 Å². The van der Waals surface area contributed by atoms with Crippen molar-refractivity contribution in [2.45, 2.75) is 51.4 Å². The van der Waals surface area contributed by atoms with Crippen molar-refractivity contribution >= 4 is 0 Å². The maximum absolute atomic E-state index is 6.37. The van der Waals surface area contributed by atoms with E-state index >= 15 is 0 Å². The van der Waals surface area contributed by atoms with Crippen LogP contribution in [0, 0.1) is 5.92 Å². The Balaban J connectivity index is 1.68. The average molecular weight is 422 g/mol. The highest BCUT2D eigenvalue weighted by atomic mass is 16.5. The molecule has 3 rings (SSSR count). The number of benzene rings is 2. The first-order valence-electron chi connectivity index (χ1n) is 11.9. The van der Waals surface area contributed by atoms with Gasteiger partial charge in [0.2, 0.25) is 0 Å². The van der Waals surface area contributed by atoms with E-state index in [1.165, 1.54) is 56.3 Å². The lowest BCUT2D eigenvalue weighted by Crippen LogP contribution is -2.42. The lowest BCUT2D eigenvalue weighted by atomic mass is 9.81. The largest absolute Gasteiger partial charge is 0.493 e. The molecule has 0 aromatic heterocycles. The van der Waals surface area contributed by atoms with Gasteiger partial charge in [-0.05, 0) is 61.5 Å². The first-order valence-corrected chi connectivity index (χ1v) is 11.9. The molecule has 3 heteroatoms. The summed E-state index contributed by atoms with van der Waals surface area (Å²) in [5, 5.41) is 0. The van der Waals surface area contributed by atoms with Crippen molar-refractivity contribution in [2.75, 3.05) is 33.4 Å². The van der Waals surface area contributed by atoms with E-state index in [9.17, 15) is 0 Å². The molecule has 3 nitrogen and oxygen atoms in total. The van der Waals surface area contributed by atoms with Crippen LogP contribution in [-0.2, 0) is 6.42 Å². The summed E-state index contributed by atoms with van der Waals surface area (Å²) in [5.41, 5.74) is 2.63. The first kappa shape index (κ1) is 23.4. The van der Waals surface area contributed by atoms with Crippen LogP contribution in [0.4, 0.5) is 0 Å². The molecule has 0 N–H and O–H groups in total. The van der Waals surface area contributed by atoms with Crippen LogP contribution in [0.2, 0.25) is 0 Å². The van der Waals surface area contributed by atoms with Crippen molar-refractivity contribution in [3.8, 4) is 11.5 Å².